The second-order valence-electron chi connectivity index (χ2n) is 7.67. The summed E-state index contributed by atoms with van der Waals surface area (Å²) in [4.78, 5) is 18.6. The molecule has 0 saturated heterocycles. The zero-order valence-corrected chi connectivity index (χ0v) is 17.6. The quantitative estimate of drug-likeness (QED) is 0.506. The first-order chi connectivity index (χ1) is 15.6. The topological polar surface area (TPSA) is 73.6 Å². The van der Waals surface area contributed by atoms with Crippen molar-refractivity contribution in [1.29, 1.82) is 0 Å². The Kier molecular flexibility index (Phi) is 5.11. The molecule has 5 rings (SSSR count). The lowest BCUT2D eigenvalue weighted by atomic mass is 10.0. The Morgan fingerprint density at radius 2 is 1.72 bits per heavy atom. The molecular weight excluding hydrogens is 404 g/mol. The first-order valence-electron chi connectivity index (χ1n) is 10.5. The monoisotopic (exact) mass is 426 g/mol. The molecule has 0 saturated carbocycles. The molecule has 32 heavy (non-hydrogen) atoms. The Bertz CT molecular complexity index is 1350. The van der Waals surface area contributed by atoms with Crippen molar-refractivity contribution in [2.75, 3.05) is 6.79 Å². The first-order valence-corrected chi connectivity index (χ1v) is 10.5. The van der Waals surface area contributed by atoms with Crippen molar-refractivity contribution in [3.05, 3.63) is 94.4 Å². The number of phenols is 1. The Labute approximate surface area is 185 Å². The molecule has 3 aromatic carbocycles. The van der Waals surface area contributed by atoms with Crippen LogP contribution in [-0.2, 0) is 13.0 Å². The highest BCUT2D eigenvalue weighted by Gasteiger charge is 2.21. The molecular formula is C26H22N2O4. The molecule has 1 aliphatic heterocycles. The fourth-order valence-corrected chi connectivity index (χ4v) is 4.01. The van der Waals surface area contributed by atoms with Gasteiger partial charge in [-0.05, 0) is 48.7 Å². The van der Waals surface area contributed by atoms with Crippen LogP contribution in [0.1, 0.15) is 11.3 Å². The van der Waals surface area contributed by atoms with Crippen LogP contribution in [0, 0.1) is 6.92 Å². The van der Waals surface area contributed by atoms with Crippen LogP contribution in [0.15, 0.2) is 77.6 Å². The molecule has 6 heteroatoms. The van der Waals surface area contributed by atoms with Crippen molar-refractivity contribution in [3.63, 3.8) is 0 Å². The van der Waals surface area contributed by atoms with Gasteiger partial charge in [-0.2, -0.15) is 0 Å². The van der Waals surface area contributed by atoms with Gasteiger partial charge in [0, 0.05) is 6.54 Å². The van der Waals surface area contributed by atoms with Gasteiger partial charge in [0.2, 0.25) is 6.79 Å². The maximum Gasteiger partial charge on any atom is 0.261 e. The third-order valence-corrected chi connectivity index (χ3v) is 5.62. The fourth-order valence-electron chi connectivity index (χ4n) is 4.01. The molecule has 0 aliphatic carbocycles. The van der Waals surface area contributed by atoms with Gasteiger partial charge in [-0.25, -0.2) is 4.98 Å². The zero-order valence-electron chi connectivity index (χ0n) is 17.6. The first kappa shape index (κ1) is 19.9. The SMILES string of the molecule is Cc1nc(-c2ccccc2O)n(CCc2ccccc2)c(=O)c1-c1ccc2c(c1)OCO2. The van der Waals surface area contributed by atoms with E-state index in [0.717, 1.165) is 11.1 Å². The molecule has 160 valence electrons. The number of aromatic hydroxyl groups is 1. The maximum absolute atomic E-state index is 13.8. The number of rotatable bonds is 5. The highest BCUT2D eigenvalue weighted by atomic mass is 16.7. The van der Waals surface area contributed by atoms with Crippen LogP contribution < -0.4 is 15.0 Å². The van der Waals surface area contributed by atoms with Crippen molar-refractivity contribution < 1.29 is 14.6 Å². The van der Waals surface area contributed by atoms with Gasteiger partial charge in [-0.15, -0.1) is 0 Å². The summed E-state index contributed by atoms with van der Waals surface area (Å²) in [5.41, 5.74) is 3.30. The summed E-state index contributed by atoms with van der Waals surface area (Å²) >= 11 is 0. The minimum atomic E-state index is -0.162. The van der Waals surface area contributed by atoms with Gasteiger partial charge < -0.3 is 14.6 Å². The average molecular weight is 426 g/mol. The second kappa shape index (κ2) is 8.23. The fraction of sp³-hybridized carbons (Fsp3) is 0.154. The van der Waals surface area contributed by atoms with Gasteiger partial charge in [0.25, 0.3) is 5.56 Å². The van der Waals surface area contributed by atoms with Crippen molar-refractivity contribution in [3.8, 4) is 39.8 Å². The Hall–Kier alpha value is -4.06. The number of para-hydroxylation sites is 1. The van der Waals surface area contributed by atoms with Crippen molar-refractivity contribution in [2.45, 2.75) is 19.9 Å². The summed E-state index contributed by atoms with van der Waals surface area (Å²) in [5, 5.41) is 10.5. The van der Waals surface area contributed by atoms with Crippen molar-refractivity contribution in [1.82, 2.24) is 9.55 Å². The molecule has 1 N–H and O–H groups in total. The molecule has 0 amide bonds. The molecule has 0 spiro atoms. The Balaban J connectivity index is 1.66. The second-order valence-corrected chi connectivity index (χ2v) is 7.67. The zero-order chi connectivity index (χ0) is 22.1. The van der Waals surface area contributed by atoms with Crippen molar-refractivity contribution >= 4 is 0 Å². The van der Waals surface area contributed by atoms with E-state index in [1.54, 1.807) is 22.8 Å². The maximum atomic E-state index is 13.8. The van der Waals surface area contributed by atoms with Crippen LogP contribution in [0.5, 0.6) is 17.2 Å². The smallest absolute Gasteiger partial charge is 0.261 e. The molecule has 6 nitrogen and oxygen atoms in total. The van der Waals surface area contributed by atoms with Gasteiger partial charge in [0.15, 0.2) is 11.5 Å². The van der Waals surface area contributed by atoms with E-state index >= 15 is 0 Å². The summed E-state index contributed by atoms with van der Waals surface area (Å²) < 4.78 is 12.6. The predicted octanol–water partition coefficient (Wildman–Crippen LogP) is 4.56. The van der Waals surface area contributed by atoms with Crippen LogP contribution in [0.3, 0.4) is 0 Å². The molecule has 0 fully saturated rings. The molecule has 0 radical (unpaired) electrons. The van der Waals surface area contributed by atoms with E-state index in [1.807, 2.05) is 61.5 Å². The number of hydrogen-bond acceptors (Lipinski definition) is 5. The van der Waals surface area contributed by atoms with E-state index in [1.165, 1.54) is 0 Å². The third-order valence-electron chi connectivity index (χ3n) is 5.62. The summed E-state index contributed by atoms with van der Waals surface area (Å²) in [6, 6.07) is 22.4. The van der Waals surface area contributed by atoms with Crippen molar-refractivity contribution in [2.24, 2.45) is 0 Å². The molecule has 1 aromatic heterocycles. The Morgan fingerprint density at radius 1 is 0.969 bits per heavy atom. The molecule has 0 atom stereocenters. The minimum absolute atomic E-state index is 0.0862. The third kappa shape index (κ3) is 3.60. The van der Waals surface area contributed by atoms with Crippen LogP contribution in [0.4, 0.5) is 0 Å². The summed E-state index contributed by atoms with van der Waals surface area (Å²) in [7, 11) is 0. The highest BCUT2D eigenvalue weighted by molar-refractivity contribution is 5.71. The molecule has 0 bridgehead atoms. The van der Waals surface area contributed by atoms with E-state index in [2.05, 4.69) is 0 Å². The molecule has 4 aromatic rings. The number of hydrogen-bond donors (Lipinski definition) is 1. The normalized spacial score (nSPS) is 12.2. The lowest BCUT2D eigenvalue weighted by molar-refractivity contribution is 0.174. The highest BCUT2D eigenvalue weighted by Crippen LogP contribution is 2.36. The van der Waals surface area contributed by atoms with E-state index in [-0.39, 0.29) is 18.1 Å². The summed E-state index contributed by atoms with van der Waals surface area (Å²) in [5.74, 6) is 1.81. The number of aromatic nitrogens is 2. The van der Waals surface area contributed by atoms with Gasteiger partial charge in [0.05, 0.1) is 16.8 Å². The van der Waals surface area contributed by atoms with E-state index in [9.17, 15) is 9.90 Å². The van der Waals surface area contributed by atoms with E-state index in [0.29, 0.717) is 47.1 Å². The lowest BCUT2D eigenvalue weighted by Gasteiger charge is -2.17. The predicted molar refractivity (Wildman–Crippen MR) is 122 cm³/mol. The van der Waals surface area contributed by atoms with Gasteiger partial charge in [0.1, 0.15) is 11.6 Å². The number of nitrogens with zero attached hydrogens (tertiary/aromatic N) is 2. The Morgan fingerprint density at radius 3 is 2.53 bits per heavy atom. The largest absolute Gasteiger partial charge is 0.507 e. The van der Waals surface area contributed by atoms with E-state index in [4.69, 9.17) is 14.5 Å². The minimum Gasteiger partial charge on any atom is -0.507 e. The summed E-state index contributed by atoms with van der Waals surface area (Å²) in [6.45, 7) is 2.41. The average Bonchev–Trinajstić information content (AvgIpc) is 3.27. The standard InChI is InChI=1S/C26H22N2O4/c1-17-24(19-11-12-22-23(15-19)32-16-31-22)26(30)28(14-13-18-7-3-2-4-8-18)25(27-17)20-9-5-6-10-21(20)29/h2-12,15,29H,13-14,16H2,1H3. The number of ether oxygens (including phenoxy) is 2. The van der Waals surface area contributed by atoms with Gasteiger partial charge in [-0.1, -0.05) is 48.5 Å². The molecule has 2 heterocycles. The summed E-state index contributed by atoms with van der Waals surface area (Å²) in [6.07, 6.45) is 0.659. The molecule has 0 unspecified atom stereocenters. The number of aryl methyl sites for hydroxylation is 2. The lowest BCUT2D eigenvalue weighted by Crippen LogP contribution is -2.27. The van der Waals surface area contributed by atoms with Crippen LogP contribution in [0.2, 0.25) is 0 Å². The number of phenolic OH excluding ortho intramolecular Hbond substituents is 1. The van der Waals surface area contributed by atoms with E-state index < -0.39 is 0 Å². The van der Waals surface area contributed by atoms with Gasteiger partial charge >= 0.3 is 0 Å². The number of fused-ring (bicyclic) bond motifs is 1. The van der Waals surface area contributed by atoms with Gasteiger partial charge in [-0.3, -0.25) is 9.36 Å². The number of benzene rings is 3. The van der Waals surface area contributed by atoms with Crippen LogP contribution in [0.25, 0.3) is 22.5 Å². The van der Waals surface area contributed by atoms with Crippen LogP contribution >= 0.6 is 0 Å². The molecule has 1 aliphatic rings. The van der Waals surface area contributed by atoms with Crippen LogP contribution in [-0.4, -0.2) is 21.5 Å².